The lowest BCUT2D eigenvalue weighted by Gasteiger charge is -2.32. The van der Waals surface area contributed by atoms with Gasteiger partial charge in [0.1, 0.15) is 5.82 Å². The lowest BCUT2D eigenvalue weighted by atomic mass is 9.95. The molecule has 0 atom stereocenters. The summed E-state index contributed by atoms with van der Waals surface area (Å²) in [4.78, 5) is -0.0533. The van der Waals surface area contributed by atoms with Crippen LogP contribution < -0.4 is 5.73 Å². The van der Waals surface area contributed by atoms with E-state index in [0.717, 1.165) is 44.2 Å². The lowest BCUT2D eigenvalue weighted by molar-refractivity contribution is 0.261. The van der Waals surface area contributed by atoms with Crippen LogP contribution in [0.15, 0.2) is 23.1 Å². The summed E-state index contributed by atoms with van der Waals surface area (Å²) in [6.07, 6.45) is 4.99. The topological polar surface area (TPSA) is 63.4 Å². The molecule has 0 amide bonds. The van der Waals surface area contributed by atoms with Crippen LogP contribution in [-0.2, 0) is 10.0 Å². The first kappa shape index (κ1) is 15.3. The van der Waals surface area contributed by atoms with Gasteiger partial charge in [0.25, 0.3) is 0 Å². The maximum absolute atomic E-state index is 13.4. The van der Waals surface area contributed by atoms with Gasteiger partial charge in [0.15, 0.2) is 0 Å². The molecule has 20 heavy (non-hydrogen) atoms. The smallest absolute Gasteiger partial charge is 0.243 e. The van der Waals surface area contributed by atoms with Crippen molar-refractivity contribution in [3.8, 4) is 0 Å². The van der Waals surface area contributed by atoms with E-state index in [4.69, 9.17) is 5.73 Å². The molecule has 1 aromatic carbocycles. The van der Waals surface area contributed by atoms with Crippen LogP contribution in [0.5, 0.6) is 0 Å². The zero-order valence-corrected chi connectivity index (χ0v) is 12.5. The molecule has 1 aromatic rings. The largest absolute Gasteiger partial charge is 0.399 e. The highest BCUT2D eigenvalue weighted by molar-refractivity contribution is 7.89. The molecule has 2 N–H and O–H groups in total. The zero-order valence-electron chi connectivity index (χ0n) is 11.7. The summed E-state index contributed by atoms with van der Waals surface area (Å²) in [5.41, 5.74) is 5.68. The molecule has 0 heterocycles. The van der Waals surface area contributed by atoms with E-state index in [1.54, 1.807) is 0 Å². The van der Waals surface area contributed by atoms with Gasteiger partial charge in [0.2, 0.25) is 10.0 Å². The molecule has 0 radical (unpaired) electrons. The number of nitrogen functional groups attached to an aromatic ring is 1. The predicted molar refractivity (Wildman–Crippen MR) is 77.3 cm³/mol. The van der Waals surface area contributed by atoms with Gasteiger partial charge in [0.05, 0.1) is 4.90 Å². The van der Waals surface area contributed by atoms with Crippen molar-refractivity contribution in [2.75, 3.05) is 12.3 Å². The molecular formula is C14H21FN2O2S. The Morgan fingerprint density at radius 3 is 2.45 bits per heavy atom. The number of hydrogen-bond donors (Lipinski definition) is 1. The molecule has 6 heteroatoms. The standard InChI is InChI=1S/C14H21FN2O2S/c1-2-17(13-6-4-3-5-7-13)20(18,19)14-9-11(15)8-12(16)10-14/h8-10,13H,2-7,16H2,1H3. The second-order valence-corrected chi connectivity index (χ2v) is 7.11. The molecule has 112 valence electrons. The van der Waals surface area contributed by atoms with Crippen LogP contribution in [0, 0.1) is 5.82 Å². The Kier molecular flexibility index (Phi) is 4.65. The van der Waals surface area contributed by atoms with E-state index >= 15 is 0 Å². The van der Waals surface area contributed by atoms with E-state index in [1.165, 1.54) is 10.4 Å². The fourth-order valence-electron chi connectivity index (χ4n) is 2.86. The Bertz CT molecular complexity index is 548. The fourth-order valence-corrected chi connectivity index (χ4v) is 4.62. The number of benzene rings is 1. The minimum absolute atomic E-state index is 0.0169. The number of hydrogen-bond acceptors (Lipinski definition) is 3. The maximum atomic E-state index is 13.4. The molecule has 1 saturated carbocycles. The molecular weight excluding hydrogens is 279 g/mol. The van der Waals surface area contributed by atoms with Crippen molar-refractivity contribution >= 4 is 15.7 Å². The van der Waals surface area contributed by atoms with Gasteiger partial charge in [0, 0.05) is 18.3 Å². The number of rotatable bonds is 4. The van der Waals surface area contributed by atoms with Crippen LogP contribution in [0.25, 0.3) is 0 Å². The molecule has 1 fully saturated rings. The number of nitrogens with zero attached hydrogens (tertiary/aromatic N) is 1. The van der Waals surface area contributed by atoms with Gasteiger partial charge in [-0.15, -0.1) is 0 Å². The SMILES string of the molecule is CCN(C1CCCCC1)S(=O)(=O)c1cc(N)cc(F)c1. The molecule has 0 unspecified atom stereocenters. The van der Waals surface area contributed by atoms with Crippen molar-refractivity contribution in [1.29, 1.82) is 0 Å². The number of halogens is 1. The highest BCUT2D eigenvalue weighted by atomic mass is 32.2. The van der Waals surface area contributed by atoms with Crippen molar-refractivity contribution in [2.45, 2.75) is 50.0 Å². The summed E-state index contributed by atoms with van der Waals surface area (Å²) >= 11 is 0. The number of anilines is 1. The first-order chi connectivity index (χ1) is 9.45. The molecule has 0 bridgehead atoms. The summed E-state index contributed by atoms with van der Waals surface area (Å²) in [6.45, 7) is 2.21. The molecule has 0 aliphatic heterocycles. The van der Waals surface area contributed by atoms with Gasteiger partial charge in [-0.05, 0) is 31.0 Å². The van der Waals surface area contributed by atoms with Crippen molar-refractivity contribution in [3.63, 3.8) is 0 Å². The second kappa shape index (κ2) is 6.10. The van der Waals surface area contributed by atoms with E-state index in [-0.39, 0.29) is 16.6 Å². The van der Waals surface area contributed by atoms with Crippen LogP contribution in [0.4, 0.5) is 10.1 Å². The molecule has 0 aromatic heterocycles. The highest BCUT2D eigenvalue weighted by Gasteiger charge is 2.31. The van der Waals surface area contributed by atoms with Crippen LogP contribution in [-0.4, -0.2) is 25.3 Å². The second-order valence-electron chi connectivity index (χ2n) is 5.22. The summed E-state index contributed by atoms with van der Waals surface area (Å²) in [5, 5.41) is 0. The Morgan fingerprint density at radius 1 is 1.25 bits per heavy atom. The van der Waals surface area contributed by atoms with Crippen LogP contribution in [0.3, 0.4) is 0 Å². The summed E-state index contributed by atoms with van der Waals surface area (Å²) < 4.78 is 40.2. The molecule has 2 rings (SSSR count). The van der Waals surface area contributed by atoms with Gasteiger partial charge < -0.3 is 5.73 Å². The van der Waals surface area contributed by atoms with Gasteiger partial charge in [-0.2, -0.15) is 4.31 Å². The van der Waals surface area contributed by atoms with E-state index in [2.05, 4.69) is 0 Å². The summed E-state index contributed by atoms with van der Waals surface area (Å²) in [6, 6.07) is 3.50. The van der Waals surface area contributed by atoms with Gasteiger partial charge in [-0.3, -0.25) is 0 Å². The lowest BCUT2D eigenvalue weighted by Crippen LogP contribution is -2.41. The summed E-state index contributed by atoms with van der Waals surface area (Å²) in [5.74, 6) is -0.622. The quantitative estimate of drug-likeness (QED) is 0.870. The molecule has 1 aliphatic rings. The Morgan fingerprint density at radius 2 is 1.90 bits per heavy atom. The third kappa shape index (κ3) is 3.12. The molecule has 1 aliphatic carbocycles. The minimum Gasteiger partial charge on any atom is -0.399 e. The van der Waals surface area contributed by atoms with E-state index < -0.39 is 15.8 Å². The van der Waals surface area contributed by atoms with Crippen molar-refractivity contribution < 1.29 is 12.8 Å². The zero-order chi connectivity index (χ0) is 14.8. The maximum Gasteiger partial charge on any atom is 0.243 e. The molecule has 0 spiro atoms. The van der Waals surface area contributed by atoms with E-state index in [9.17, 15) is 12.8 Å². The van der Waals surface area contributed by atoms with Crippen LogP contribution in [0.1, 0.15) is 39.0 Å². The first-order valence-electron chi connectivity index (χ1n) is 7.03. The van der Waals surface area contributed by atoms with Gasteiger partial charge >= 0.3 is 0 Å². The average molecular weight is 300 g/mol. The minimum atomic E-state index is -3.68. The highest BCUT2D eigenvalue weighted by Crippen LogP contribution is 2.28. The third-order valence-corrected chi connectivity index (χ3v) is 5.80. The molecule has 4 nitrogen and oxygen atoms in total. The molecule has 0 saturated heterocycles. The number of sulfonamides is 1. The van der Waals surface area contributed by atoms with Crippen LogP contribution >= 0.6 is 0 Å². The van der Waals surface area contributed by atoms with Crippen molar-refractivity contribution in [2.24, 2.45) is 0 Å². The Labute approximate surface area is 119 Å². The van der Waals surface area contributed by atoms with Crippen molar-refractivity contribution in [3.05, 3.63) is 24.0 Å². The normalized spacial score (nSPS) is 17.6. The Balaban J connectivity index is 2.35. The van der Waals surface area contributed by atoms with E-state index in [1.807, 2.05) is 6.92 Å². The predicted octanol–water partition coefficient (Wildman–Crippen LogP) is 2.75. The van der Waals surface area contributed by atoms with Gasteiger partial charge in [-0.1, -0.05) is 26.2 Å². The summed E-state index contributed by atoms with van der Waals surface area (Å²) in [7, 11) is -3.68. The monoisotopic (exact) mass is 300 g/mol. The number of nitrogens with two attached hydrogens (primary N) is 1. The van der Waals surface area contributed by atoms with E-state index in [0.29, 0.717) is 6.54 Å². The van der Waals surface area contributed by atoms with Crippen LogP contribution in [0.2, 0.25) is 0 Å². The average Bonchev–Trinajstić information content (AvgIpc) is 2.39. The van der Waals surface area contributed by atoms with Crippen molar-refractivity contribution in [1.82, 2.24) is 4.31 Å². The third-order valence-electron chi connectivity index (χ3n) is 3.79. The first-order valence-corrected chi connectivity index (χ1v) is 8.47. The fraction of sp³-hybridized carbons (Fsp3) is 0.571. The Hall–Kier alpha value is -1.14. The van der Waals surface area contributed by atoms with Gasteiger partial charge in [-0.25, -0.2) is 12.8 Å².